The second kappa shape index (κ2) is 7.20. The minimum Gasteiger partial charge on any atom is -0.360 e. The summed E-state index contributed by atoms with van der Waals surface area (Å²) in [6.45, 7) is 5.22. The molecule has 0 amide bonds. The first-order valence-electron chi connectivity index (χ1n) is 9.27. The zero-order chi connectivity index (χ0) is 18.3. The van der Waals surface area contributed by atoms with E-state index in [0.717, 1.165) is 35.4 Å². The Kier molecular flexibility index (Phi) is 4.93. The molecule has 2 aromatic rings. The molecule has 0 bridgehead atoms. The van der Waals surface area contributed by atoms with Crippen LogP contribution in [0.15, 0.2) is 46.5 Å². The van der Waals surface area contributed by atoms with Crippen LogP contribution in [0.1, 0.15) is 44.0 Å². The van der Waals surface area contributed by atoms with Gasteiger partial charge in [-0.2, -0.15) is 0 Å². The van der Waals surface area contributed by atoms with E-state index in [9.17, 15) is 0 Å². The molecule has 1 atom stereocenters. The second-order valence-corrected chi connectivity index (χ2v) is 8.67. The Morgan fingerprint density at radius 1 is 1.35 bits per heavy atom. The van der Waals surface area contributed by atoms with Crippen molar-refractivity contribution in [2.24, 2.45) is 0 Å². The zero-order valence-corrected chi connectivity index (χ0v) is 17.6. The highest BCUT2D eigenvalue weighted by Crippen LogP contribution is 2.41. The number of nitrogens with one attached hydrogen (secondary N) is 2. The van der Waals surface area contributed by atoms with E-state index < -0.39 is 0 Å². The Labute approximate surface area is 168 Å². The fraction of sp³-hybridized carbons (Fsp3) is 0.381. The number of aromatic nitrogens is 1. The van der Waals surface area contributed by atoms with Gasteiger partial charge in [0.2, 0.25) is 0 Å². The van der Waals surface area contributed by atoms with Crippen LogP contribution in [-0.2, 0) is 6.42 Å². The highest BCUT2D eigenvalue weighted by atomic mass is 79.9. The van der Waals surface area contributed by atoms with Crippen molar-refractivity contribution in [2.45, 2.75) is 45.2 Å². The number of H-pyrrole nitrogens is 1. The van der Waals surface area contributed by atoms with Gasteiger partial charge in [0, 0.05) is 33.7 Å². The predicted molar refractivity (Wildman–Crippen MR) is 116 cm³/mol. The summed E-state index contributed by atoms with van der Waals surface area (Å²) in [4.78, 5) is 6.08. The molecule has 1 aromatic carbocycles. The van der Waals surface area contributed by atoms with Crippen LogP contribution in [0, 0.1) is 0 Å². The third-order valence-corrected chi connectivity index (χ3v) is 6.00. The lowest BCUT2D eigenvalue weighted by molar-refractivity contribution is 0.317. The van der Waals surface area contributed by atoms with Gasteiger partial charge < -0.3 is 15.2 Å². The van der Waals surface area contributed by atoms with Crippen LogP contribution in [0.3, 0.4) is 0 Å². The molecule has 1 aliphatic heterocycles. The van der Waals surface area contributed by atoms with Gasteiger partial charge in [0.1, 0.15) is 0 Å². The van der Waals surface area contributed by atoms with Crippen LogP contribution in [-0.4, -0.2) is 27.6 Å². The SMILES string of the molecule is CC(C)NC(=S)N1CCc2c([nH]c3ccc(Br)cc23)C1C1=CC=CCC1. The van der Waals surface area contributed by atoms with Gasteiger partial charge in [-0.1, -0.05) is 34.2 Å². The normalized spacial score (nSPS) is 19.6. The molecule has 2 aliphatic rings. The Morgan fingerprint density at radius 2 is 2.19 bits per heavy atom. The number of fused-ring (bicyclic) bond motifs is 3. The summed E-state index contributed by atoms with van der Waals surface area (Å²) < 4.78 is 1.13. The van der Waals surface area contributed by atoms with Crippen molar-refractivity contribution in [1.29, 1.82) is 0 Å². The second-order valence-electron chi connectivity index (χ2n) is 7.37. The lowest BCUT2D eigenvalue weighted by Crippen LogP contribution is -2.48. The standard InChI is InChI=1S/C21H24BrN3S/c1-13(2)23-21(26)25-11-10-16-17-12-15(22)8-9-18(17)24-19(16)20(25)14-6-4-3-5-7-14/h3-4,6,8-9,12-13,20,24H,5,7,10-11H2,1-2H3,(H,23,26). The smallest absolute Gasteiger partial charge is 0.169 e. The summed E-state index contributed by atoms with van der Waals surface area (Å²) in [7, 11) is 0. The first kappa shape index (κ1) is 17.8. The van der Waals surface area contributed by atoms with Crippen LogP contribution in [0.4, 0.5) is 0 Å². The van der Waals surface area contributed by atoms with Crippen LogP contribution in [0.2, 0.25) is 0 Å². The summed E-state index contributed by atoms with van der Waals surface area (Å²) in [5, 5.41) is 5.63. The van der Waals surface area contributed by atoms with Crippen molar-refractivity contribution in [2.75, 3.05) is 6.54 Å². The van der Waals surface area contributed by atoms with Gasteiger partial charge in [0.15, 0.2) is 5.11 Å². The van der Waals surface area contributed by atoms with Gasteiger partial charge in [-0.05, 0) is 74.7 Å². The molecule has 0 saturated carbocycles. The van der Waals surface area contributed by atoms with Gasteiger partial charge in [0.25, 0.3) is 0 Å². The van der Waals surface area contributed by atoms with Crippen molar-refractivity contribution in [3.05, 3.63) is 57.7 Å². The van der Waals surface area contributed by atoms with E-state index in [1.165, 1.54) is 27.7 Å². The maximum absolute atomic E-state index is 5.78. The van der Waals surface area contributed by atoms with Crippen LogP contribution in [0.25, 0.3) is 10.9 Å². The van der Waals surface area contributed by atoms with E-state index in [0.29, 0.717) is 6.04 Å². The predicted octanol–water partition coefficient (Wildman–Crippen LogP) is 5.39. The molecule has 0 spiro atoms. The maximum Gasteiger partial charge on any atom is 0.169 e. The quantitative estimate of drug-likeness (QED) is 0.627. The molecule has 1 aliphatic carbocycles. The monoisotopic (exact) mass is 429 g/mol. The molecule has 2 heterocycles. The lowest BCUT2D eigenvalue weighted by Gasteiger charge is -2.40. The molecule has 0 fully saturated rings. The highest BCUT2D eigenvalue weighted by molar-refractivity contribution is 9.10. The third-order valence-electron chi connectivity index (χ3n) is 5.16. The Balaban J connectivity index is 1.82. The Bertz CT molecular complexity index is 909. The number of hydrogen-bond donors (Lipinski definition) is 2. The third kappa shape index (κ3) is 3.23. The Hall–Kier alpha value is -1.59. The Morgan fingerprint density at radius 3 is 2.92 bits per heavy atom. The van der Waals surface area contributed by atoms with Gasteiger partial charge >= 0.3 is 0 Å². The molecule has 1 unspecified atom stereocenters. The van der Waals surface area contributed by atoms with Crippen molar-refractivity contribution in [3.63, 3.8) is 0 Å². The number of aromatic amines is 1. The van der Waals surface area contributed by atoms with Crippen LogP contribution < -0.4 is 5.32 Å². The van der Waals surface area contributed by atoms with E-state index in [4.69, 9.17) is 12.2 Å². The van der Waals surface area contributed by atoms with E-state index in [1.54, 1.807) is 0 Å². The van der Waals surface area contributed by atoms with Gasteiger partial charge in [-0.15, -0.1) is 0 Å². The van der Waals surface area contributed by atoms with Gasteiger partial charge in [-0.3, -0.25) is 0 Å². The molecule has 2 N–H and O–H groups in total. The first-order valence-corrected chi connectivity index (χ1v) is 10.5. The van der Waals surface area contributed by atoms with Gasteiger partial charge in [0.05, 0.1) is 6.04 Å². The number of rotatable bonds is 2. The molecule has 0 saturated heterocycles. The van der Waals surface area contributed by atoms with Crippen LogP contribution in [0.5, 0.6) is 0 Å². The van der Waals surface area contributed by atoms with E-state index >= 15 is 0 Å². The average molecular weight is 430 g/mol. The summed E-state index contributed by atoms with van der Waals surface area (Å²) in [5.74, 6) is 0. The largest absolute Gasteiger partial charge is 0.360 e. The van der Waals surface area contributed by atoms with E-state index in [1.807, 2.05) is 0 Å². The van der Waals surface area contributed by atoms with E-state index in [-0.39, 0.29) is 6.04 Å². The highest BCUT2D eigenvalue weighted by Gasteiger charge is 2.34. The topological polar surface area (TPSA) is 31.1 Å². The van der Waals surface area contributed by atoms with Crippen molar-refractivity contribution in [3.8, 4) is 0 Å². The summed E-state index contributed by atoms with van der Waals surface area (Å²) >= 11 is 9.40. The molecule has 0 radical (unpaired) electrons. The number of allylic oxidation sites excluding steroid dienone is 3. The molecular weight excluding hydrogens is 406 g/mol. The molecular formula is C21H24BrN3S. The minimum atomic E-state index is 0.189. The molecule has 5 heteroatoms. The first-order chi connectivity index (χ1) is 12.5. The molecule has 26 heavy (non-hydrogen) atoms. The zero-order valence-electron chi connectivity index (χ0n) is 15.2. The summed E-state index contributed by atoms with van der Waals surface area (Å²) in [5.41, 5.74) is 5.39. The number of hydrogen-bond acceptors (Lipinski definition) is 1. The van der Waals surface area contributed by atoms with Crippen molar-refractivity contribution in [1.82, 2.24) is 15.2 Å². The van der Waals surface area contributed by atoms with Gasteiger partial charge in [-0.25, -0.2) is 0 Å². The number of benzene rings is 1. The molecule has 136 valence electrons. The van der Waals surface area contributed by atoms with Crippen molar-refractivity contribution >= 4 is 44.2 Å². The summed E-state index contributed by atoms with van der Waals surface area (Å²) in [6, 6.07) is 7.03. The van der Waals surface area contributed by atoms with Crippen molar-refractivity contribution < 1.29 is 0 Å². The lowest BCUT2D eigenvalue weighted by atomic mass is 9.88. The minimum absolute atomic E-state index is 0.189. The number of halogens is 1. The van der Waals surface area contributed by atoms with Crippen LogP contribution >= 0.6 is 28.1 Å². The molecule has 3 nitrogen and oxygen atoms in total. The molecule has 1 aromatic heterocycles. The fourth-order valence-corrected chi connectivity index (χ4v) is 4.84. The number of thiocarbonyl (C=S) groups is 1. The average Bonchev–Trinajstić information content (AvgIpc) is 2.99. The number of nitrogens with zero attached hydrogens (tertiary/aromatic N) is 1. The van der Waals surface area contributed by atoms with E-state index in [2.05, 4.69) is 81.4 Å². The fourth-order valence-electron chi connectivity index (χ4n) is 4.04. The molecule has 4 rings (SSSR count). The maximum atomic E-state index is 5.78. The summed E-state index contributed by atoms with van der Waals surface area (Å²) in [6.07, 6.45) is 9.89.